The molecule has 5 fully saturated rings. The highest BCUT2D eigenvalue weighted by Gasteiger charge is 2.68. The standard InChI is InChI=1S/C29H42N6O6/c1-31(2)22(30)21-23(36)33(12-18-6-4-5-7-18)27(40)35(24(21)37)20-8-10-28(11-9-20)16-29(17-28)25(38)32(3)26(39)34(29)13-19-14-41-15-19/h18-20,30,36H,4-17H2,1-3H3. The first-order chi connectivity index (χ1) is 19.5. The molecule has 0 atom stereocenters. The van der Waals surface area contributed by atoms with E-state index in [0.717, 1.165) is 38.5 Å². The number of hydrogen-bond acceptors (Lipinski definition) is 7. The number of carbonyl (C=O) groups excluding carboxylic acids is 2. The van der Waals surface area contributed by atoms with Crippen LogP contribution in [0.1, 0.15) is 75.8 Å². The van der Waals surface area contributed by atoms with E-state index in [0.29, 0.717) is 52.0 Å². The molecular formula is C29H42N6O6. The molecule has 2 aliphatic heterocycles. The number of rotatable bonds is 6. The van der Waals surface area contributed by atoms with E-state index in [1.807, 2.05) is 0 Å². The molecule has 41 heavy (non-hydrogen) atoms. The highest BCUT2D eigenvalue weighted by molar-refractivity contribution is 6.07. The Labute approximate surface area is 239 Å². The molecule has 224 valence electrons. The quantitative estimate of drug-likeness (QED) is 0.303. The number of urea groups is 1. The molecule has 2 saturated heterocycles. The first kappa shape index (κ1) is 28.0. The molecule has 3 amide bonds. The van der Waals surface area contributed by atoms with Crippen molar-refractivity contribution in [1.82, 2.24) is 23.8 Å². The van der Waals surface area contributed by atoms with E-state index in [2.05, 4.69) is 0 Å². The molecule has 3 aliphatic carbocycles. The average Bonchev–Trinajstić information content (AvgIpc) is 3.47. The second kappa shape index (κ2) is 9.99. The van der Waals surface area contributed by atoms with Crippen LogP contribution in [-0.2, 0) is 16.1 Å². The van der Waals surface area contributed by atoms with Gasteiger partial charge in [0.1, 0.15) is 16.9 Å². The Morgan fingerprint density at radius 3 is 2.20 bits per heavy atom. The predicted molar refractivity (Wildman–Crippen MR) is 150 cm³/mol. The van der Waals surface area contributed by atoms with E-state index >= 15 is 0 Å². The van der Waals surface area contributed by atoms with Crippen molar-refractivity contribution < 1.29 is 19.4 Å². The van der Waals surface area contributed by atoms with Crippen molar-refractivity contribution in [2.45, 2.75) is 82.3 Å². The van der Waals surface area contributed by atoms with Gasteiger partial charge in [0.05, 0.1) is 13.2 Å². The van der Waals surface area contributed by atoms with Crippen LogP contribution in [0, 0.1) is 22.7 Å². The minimum Gasteiger partial charge on any atom is -0.494 e. The molecular weight excluding hydrogens is 528 g/mol. The van der Waals surface area contributed by atoms with Crippen molar-refractivity contribution in [3.05, 3.63) is 26.4 Å². The molecule has 3 saturated carbocycles. The highest BCUT2D eigenvalue weighted by Crippen LogP contribution is 2.62. The smallest absolute Gasteiger partial charge is 0.334 e. The molecule has 2 N–H and O–H groups in total. The summed E-state index contributed by atoms with van der Waals surface area (Å²) in [7, 11) is 4.84. The van der Waals surface area contributed by atoms with E-state index in [4.69, 9.17) is 10.1 Å². The molecule has 0 unspecified atom stereocenters. The van der Waals surface area contributed by atoms with Crippen molar-refractivity contribution >= 4 is 17.8 Å². The number of carbonyl (C=O) groups is 2. The number of amidine groups is 1. The van der Waals surface area contributed by atoms with Gasteiger partial charge in [0.15, 0.2) is 0 Å². The van der Waals surface area contributed by atoms with Gasteiger partial charge in [-0.1, -0.05) is 12.8 Å². The molecule has 12 heteroatoms. The third-order valence-corrected chi connectivity index (χ3v) is 10.5. The molecule has 6 rings (SSSR count). The molecule has 0 radical (unpaired) electrons. The van der Waals surface area contributed by atoms with Gasteiger partial charge < -0.3 is 19.6 Å². The van der Waals surface area contributed by atoms with Gasteiger partial charge in [-0.25, -0.2) is 9.59 Å². The van der Waals surface area contributed by atoms with Crippen LogP contribution in [0.3, 0.4) is 0 Å². The predicted octanol–water partition coefficient (Wildman–Crippen LogP) is 1.97. The minimum atomic E-state index is -0.800. The summed E-state index contributed by atoms with van der Waals surface area (Å²) in [6, 6.07) is -0.590. The Balaban J connectivity index is 1.25. The third-order valence-electron chi connectivity index (χ3n) is 10.5. The van der Waals surface area contributed by atoms with Crippen LogP contribution in [0.5, 0.6) is 5.88 Å². The van der Waals surface area contributed by atoms with Crippen molar-refractivity contribution in [2.75, 3.05) is 40.9 Å². The highest BCUT2D eigenvalue weighted by atomic mass is 16.5. The number of aromatic hydroxyl groups is 1. The minimum absolute atomic E-state index is 0.117. The summed E-state index contributed by atoms with van der Waals surface area (Å²) in [6.45, 7) is 2.08. The summed E-state index contributed by atoms with van der Waals surface area (Å²) >= 11 is 0. The largest absolute Gasteiger partial charge is 0.494 e. The van der Waals surface area contributed by atoms with Gasteiger partial charge in [-0.2, -0.15) is 0 Å². The zero-order valence-corrected chi connectivity index (χ0v) is 24.4. The van der Waals surface area contributed by atoms with Gasteiger partial charge in [0, 0.05) is 46.2 Å². The fourth-order valence-corrected chi connectivity index (χ4v) is 8.16. The number of likely N-dealkylation sites (N-methyl/N-ethyl adjacent to an activating group) is 1. The number of aromatic nitrogens is 2. The summed E-state index contributed by atoms with van der Waals surface area (Å²) in [4.78, 5) is 58.2. The van der Waals surface area contributed by atoms with Gasteiger partial charge >= 0.3 is 11.7 Å². The van der Waals surface area contributed by atoms with Crippen LogP contribution in [-0.4, -0.2) is 93.2 Å². The van der Waals surface area contributed by atoms with Gasteiger partial charge in [-0.05, 0) is 62.7 Å². The molecule has 12 nitrogen and oxygen atoms in total. The van der Waals surface area contributed by atoms with Crippen LogP contribution in [0.15, 0.2) is 9.59 Å². The SMILES string of the molecule is CN(C)C(=N)c1c(O)n(CC2CCCC2)c(=O)n(C2CCC3(CC2)CC2(C3)C(=O)N(C)C(=O)N2CC2COC2)c1=O. The molecule has 0 bridgehead atoms. The lowest BCUT2D eigenvalue weighted by molar-refractivity contribution is -0.152. The van der Waals surface area contributed by atoms with Crippen molar-refractivity contribution in [3.63, 3.8) is 0 Å². The zero-order valence-electron chi connectivity index (χ0n) is 24.4. The Bertz CT molecular complexity index is 1370. The molecule has 5 aliphatic rings. The monoisotopic (exact) mass is 570 g/mol. The first-order valence-electron chi connectivity index (χ1n) is 15.0. The van der Waals surface area contributed by atoms with Crippen molar-refractivity contribution in [3.8, 4) is 5.88 Å². The summed E-state index contributed by atoms with van der Waals surface area (Å²) in [6.07, 6.45) is 7.96. The van der Waals surface area contributed by atoms with E-state index < -0.39 is 22.7 Å². The molecule has 2 spiro atoms. The maximum atomic E-state index is 13.8. The number of imide groups is 1. The zero-order chi connectivity index (χ0) is 29.3. The number of ether oxygens (including phenoxy) is 1. The van der Waals surface area contributed by atoms with E-state index in [-0.39, 0.29) is 46.6 Å². The van der Waals surface area contributed by atoms with Crippen LogP contribution in [0.2, 0.25) is 0 Å². The van der Waals surface area contributed by atoms with Crippen LogP contribution in [0.4, 0.5) is 4.79 Å². The number of nitrogens with one attached hydrogen (secondary N) is 1. The maximum absolute atomic E-state index is 13.8. The van der Waals surface area contributed by atoms with Crippen LogP contribution in [0.25, 0.3) is 0 Å². The fraction of sp³-hybridized carbons (Fsp3) is 0.759. The lowest BCUT2D eigenvalue weighted by Crippen LogP contribution is -2.65. The third kappa shape index (κ3) is 4.31. The van der Waals surface area contributed by atoms with E-state index in [9.17, 15) is 24.3 Å². The fourth-order valence-electron chi connectivity index (χ4n) is 8.16. The molecule has 0 aromatic carbocycles. The van der Waals surface area contributed by atoms with Crippen molar-refractivity contribution in [1.29, 1.82) is 5.41 Å². The Morgan fingerprint density at radius 2 is 1.63 bits per heavy atom. The molecule has 1 aromatic heterocycles. The Morgan fingerprint density at radius 1 is 1.00 bits per heavy atom. The van der Waals surface area contributed by atoms with Crippen molar-refractivity contribution in [2.24, 2.45) is 17.3 Å². The number of hydrogen-bond donors (Lipinski definition) is 2. The van der Waals surface area contributed by atoms with Gasteiger partial charge in [-0.15, -0.1) is 0 Å². The second-order valence-electron chi connectivity index (χ2n) is 13.4. The van der Waals surface area contributed by atoms with Gasteiger partial charge in [0.25, 0.3) is 11.5 Å². The van der Waals surface area contributed by atoms with Gasteiger partial charge in [-0.3, -0.25) is 29.0 Å². The normalized spacial score (nSPS) is 30.4. The topological polar surface area (TPSA) is 141 Å². The van der Waals surface area contributed by atoms with E-state index in [1.54, 1.807) is 26.0 Å². The molecule has 1 aromatic rings. The lowest BCUT2D eigenvalue weighted by atomic mass is 9.51. The van der Waals surface area contributed by atoms with Gasteiger partial charge in [0.2, 0.25) is 5.88 Å². The summed E-state index contributed by atoms with van der Waals surface area (Å²) < 4.78 is 7.90. The number of amides is 3. The Kier molecular flexibility index (Phi) is 6.82. The number of nitrogens with zero attached hydrogens (tertiary/aromatic N) is 5. The summed E-state index contributed by atoms with van der Waals surface area (Å²) in [5, 5.41) is 19.6. The molecule has 3 heterocycles. The second-order valence-corrected chi connectivity index (χ2v) is 13.4. The summed E-state index contributed by atoms with van der Waals surface area (Å²) in [5.74, 6) is -0.163. The average molecular weight is 571 g/mol. The first-order valence-corrected chi connectivity index (χ1v) is 15.0. The Hall–Kier alpha value is -3.15. The van der Waals surface area contributed by atoms with E-state index in [1.165, 1.54) is 18.9 Å². The lowest BCUT2D eigenvalue weighted by Gasteiger charge is -2.58. The summed E-state index contributed by atoms with van der Waals surface area (Å²) in [5.41, 5.74) is -2.18. The maximum Gasteiger partial charge on any atom is 0.334 e. The van der Waals surface area contributed by atoms with Crippen LogP contribution >= 0.6 is 0 Å². The van der Waals surface area contributed by atoms with Crippen LogP contribution < -0.4 is 11.2 Å².